The molecule has 5 nitrogen and oxygen atoms in total. The number of rotatable bonds is 2. The smallest absolute Gasteiger partial charge is 0.338 e. The third-order valence-electron chi connectivity index (χ3n) is 3.01. The molecule has 10 heteroatoms. The number of benzene rings is 2. The van der Waals surface area contributed by atoms with Gasteiger partial charge in [-0.05, 0) is 61.4 Å². The number of aryl methyl sites for hydroxylation is 2. The summed E-state index contributed by atoms with van der Waals surface area (Å²) >= 11 is 6.57. The summed E-state index contributed by atoms with van der Waals surface area (Å²) in [6.07, 6.45) is 0. The Hall–Kier alpha value is -0.930. The molecule has 0 unspecified atom stereocenters. The van der Waals surface area contributed by atoms with Crippen molar-refractivity contribution < 1.29 is 23.6 Å². The summed E-state index contributed by atoms with van der Waals surface area (Å²) in [5, 5.41) is 8.64. The zero-order valence-electron chi connectivity index (χ0n) is 14.5. The molecule has 0 radical (unpaired) electrons. The summed E-state index contributed by atoms with van der Waals surface area (Å²) in [5.74, 6) is -1.17. The van der Waals surface area contributed by atoms with Crippen LogP contribution < -0.4 is 0 Å². The van der Waals surface area contributed by atoms with Gasteiger partial charge in [0.15, 0.2) is 0 Å². The number of ether oxygens (including phenoxy) is 1. The number of carboxylic acid groups (broad SMARTS) is 1. The fourth-order valence-corrected chi connectivity index (χ4v) is 2.78. The summed E-state index contributed by atoms with van der Waals surface area (Å²) in [6.45, 7) is 3.64. The van der Waals surface area contributed by atoms with E-state index in [9.17, 15) is 9.59 Å². The first-order valence-electron chi connectivity index (χ1n) is 7.07. The van der Waals surface area contributed by atoms with Gasteiger partial charge >= 0.3 is 11.9 Å². The van der Waals surface area contributed by atoms with Gasteiger partial charge < -0.3 is 9.84 Å². The second kappa shape index (κ2) is 13.3. The highest BCUT2D eigenvalue weighted by Gasteiger charge is 2.08. The number of halogens is 4. The molecule has 2 aromatic carbocycles. The predicted octanol–water partition coefficient (Wildman–Crippen LogP) is 6.04. The lowest BCUT2D eigenvalue weighted by atomic mass is 10.1. The van der Waals surface area contributed by atoms with Crippen LogP contribution in [0.1, 0.15) is 31.8 Å². The van der Waals surface area contributed by atoms with Gasteiger partial charge in [-0.2, -0.15) is 0 Å². The molecule has 0 aromatic heterocycles. The van der Waals surface area contributed by atoms with Crippen LogP contribution in [0.2, 0.25) is 0 Å². The van der Waals surface area contributed by atoms with Crippen LogP contribution in [0.15, 0.2) is 45.3 Å². The average molecular weight is 563 g/mol. The molecular formula is C17H16Br2Cl2O5S. The van der Waals surface area contributed by atoms with Crippen molar-refractivity contribution in [3.63, 3.8) is 0 Å². The van der Waals surface area contributed by atoms with Crippen LogP contribution in [0.3, 0.4) is 0 Å². The first-order chi connectivity index (χ1) is 12.5. The van der Waals surface area contributed by atoms with Crippen LogP contribution in [-0.4, -0.2) is 28.4 Å². The molecule has 0 saturated heterocycles. The van der Waals surface area contributed by atoms with Gasteiger partial charge in [-0.1, -0.05) is 31.9 Å². The quantitative estimate of drug-likeness (QED) is 0.356. The van der Waals surface area contributed by atoms with E-state index in [0.717, 1.165) is 20.1 Å². The largest absolute Gasteiger partial charge is 0.478 e. The van der Waals surface area contributed by atoms with Gasteiger partial charge in [0, 0.05) is 30.3 Å². The third-order valence-corrected chi connectivity index (χ3v) is 4.00. The monoisotopic (exact) mass is 560 g/mol. The van der Waals surface area contributed by atoms with Gasteiger partial charge in [-0.3, -0.25) is 0 Å². The van der Waals surface area contributed by atoms with Crippen molar-refractivity contribution in [2.24, 2.45) is 0 Å². The van der Waals surface area contributed by atoms with Crippen molar-refractivity contribution in [1.29, 1.82) is 0 Å². The maximum Gasteiger partial charge on any atom is 0.338 e. The van der Waals surface area contributed by atoms with E-state index in [0.29, 0.717) is 11.1 Å². The van der Waals surface area contributed by atoms with Crippen LogP contribution in [0.5, 0.6) is 0 Å². The number of carbonyl (C=O) groups is 2. The van der Waals surface area contributed by atoms with Crippen molar-refractivity contribution >= 4 is 74.4 Å². The molecule has 27 heavy (non-hydrogen) atoms. The molecule has 0 aliphatic heterocycles. The van der Waals surface area contributed by atoms with Gasteiger partial charge in [0.25, 0.3) is 0 Å². The van der Waals surface area contributed by atoms with E-state index in [1.54, 1.807) is 31.2 Å². The fourth-order valence-electron chi connectivity index (χ4n) is 1.83. The van der Waals surface area contributed by atoms with E-state index in [2.05, 4.69) is 58.0 Å². The highest BCUT2D eigenvalue weighted by atomic mass is 79.9. The molecule has 0 bridgehead atoms. The third kappa shape index (κ3) is 10.8. The summed E-state index contributed by atoms with van der Waals surface area (Å²) < 4.78 is 15.6. The van der Waals surface area contributed by atoms with Crippen molar-refractivity contribution in [1.82, 2.24) is 0 Å². The van der Waals surface area contributed by atoms with Crippen LogP contribution >= 0.6 is 53.2 Å². The van der Waals surface area contributed by atoms with Gasteiger partial charge in [0.05, 0.1) is 18.2 Å². The molecule has 0 spiro atoms. The van der Waals surface area contributed by atoms with Crippen molar-refractivity contribution in [2.45, 2.75) is 13.8 Å². The second-order valence-electron chi connectivity index (χ2n) is 4.90. The molecule has 2 aromatic rings. The fraction of sp³-hybridized carbons (Fsp3) is 0.176. The summed E-state index contributed by atoms with van der Waals surface area (Å²) in [7, 11) is 8.74. The number of aromatic carboxylic acids is 1. The minimum atomic E-state index is -1.67. The SMILES string of the molecule is COC(=O)c1ccc(Br)cc1C.Cc1cc(Br)ccc1C(=O)O.O=S(Cl)Cl. The molecular weight excluding hydrogens is 547 g/mol. The van der Waals surface area contributed by atoms with Crippen molar-refractivity contribution in [2.75, 3.05) is 7.11 Å². The molecule has 1 N–H and O–H groups in total. The molecule has 148 valence electrons. The lowest BCUT2D eigenvalue weighted by Crippen LogP contribution is -2.03. The minimum Gasteiger partial charge on any atom is -0.478 e. The molecule has 0 aliphatic rings. The lowest BCUT2D eigenvalue weighted by molar-refractivity contribution is 0.0599. The average Bonchev–Trinajstić information content (AvgIpc) is 2.54. The summed E-state index contributed by atoms with van der Waals surface area (Å²) in [5.41, 5.74) is 2.65. The standard InChI is InChI=1S/C9H9BrO2.C8H7BrO2.Cl2OS/c1-6-5-7(10)3-4-8(6)9(11)12-2;1-5-4-6(9)2-3-7(5)8(10)11;1-4(2)3/h3-5H,1-2H3;2-4H,1H3,(H,10,11);. The van der Waals surface area contributed by atoms with Gasteiger partial charge in [0.1, 0.15) is 0 Å². The molecule has 0 fully saturated rings. The number of esters is 1. The Morgan fingerprint density at radius 2 is 1.33 bits per heavy atom. The first-order valence-corrected chi connectivity index (χ1v) is 11.5. The highest BCUT2D eigenvalue weighted by Crippen LogP contribution is 2.16. The van der Waals surface area contributed by atoms with E-state index in [1.165, 1.54) is 7.11 Å². The van der Waals surface area contributed by atoms with E-state index < -0.39 is 15.2 Å². The number of methoxy groups -OCH3 is 1. The van der Waals surface area contributed by atoms with Gasteiger partial charge in [0.2, 0.25) is 9.23 Å². The number of hydrogen-bond acceptors (Lipinski definition) is 4. The summed E-state index contributed by atoms with van der Waals surface area (Å²) in [6, 6.07) is 10.5. The molecule has 0 atom stereocenters. The van der Waals surface area contributed by atoms with E-state index in [1.807, 2.05) is 19.1 Å². The van der Waals surface area contributed by atoms with Crippen LogP contribution in [-0.2, 0) is 14.0 Å². The van der Waals surface area contributed by atoms with E-state index >= 15 is 0 Å². The maximum absolute atomic E-state index is 11.1. The van der Waals surface area contributed by atoms with Crippen LogP contribution in [0.25, 0.3) is 0 Å². The Kier molecular flexibility index (Phi) is 12.8. The van der Waals surface area contributed by atoms with E-state index in [-0.39, 0.29) is 5.97 Å². The zero-order chi connectivity index (χ0) is 21.1. The Balaban J connectivity index is 0.000000421. The van der Waals surface area contributed by atoms with Gasteiger partial charge in [-0.15, -0.1) is 0 Å². The maximum atomic E-state index is 11.1. The first kappa shape index (κ1) is 26.1. The zero-order valence-corrected chi connectivity index (χ0v) is 20.0. The van der Waals surface area contributed by atoms with Crippen LogP contribution in [0, 0.1) is 13.8 Å². The Morgan fingerprint density at radius 1 is 0.963 bits per heavy atom. The Bertz CT molecular complexity index is 827. The van der Waals surface area contributed by atoms with Crippen LogP contribution in [0.4, 0.5) is 0 Å². The second-order valence-corrected chi connectivity index (χ2v) is 9.26. The number of carbonyl (C=O) groups excluding carboxylic acids is 1. The predicted molar refractivity (Wildman–Crippen MR) is 116 cm³/mol. The lowest BCUT2D eigenvalue weighted by Gasteiger charge is -2.02. The molecule has 0 aliphatic carbocycles. The normalized spacial score (nSPS) is 9.48. The number of hydrogen-bond donors (Lipinski definition) is 1. The molecule has 2 rings (SSSR count). The number of carboxylic acids is 1. The molecule has 0 saturated carbocycles. The molecule has 0 amide bonds. The molecule has 0 heterocycles. The Labute approximate surface area is 185 Å². The topological polar surface area (TPSA) is 80.7 Å². The van der Waals surface area contributed by atoms with Crippen molar-refractivity contribution in [3.05, 3.63) is 67.6 Å². The summed E-state index contributed by atoms with van der Waals surface area (Å²) in [4.78, 5) is 21.6. The highest BCUT2D eigenvalue weighted by molar-refractivity contribution is 9.10. The Morgan fingerprint density at radius 3 is 1.63 bits per heavy atom. The van der Waals surface area contributed by atoms with E-state index in [4.69, 9.17) is 9.32 Å². The van der Waals surface area contributed by atoms with Crippen molar-refractivity contribution in [3.8, 4) is 0 Å². The van der Waals surface area contributed by atoms with Gasteiger partial charge in [-0.25, -0.2) is 13.8 Å². The minimum absolute atomic E-state index is 0.292.